The van der Waals surface area contributed by atoms with E-state index >= 15 is 0 Å². The Hall–Kier alpha value is -1.39. The summed E-state index contributed by atoms with van der Waals surface area (Å²) in [6.45, 7) is 0.590. The molecule has 0 radical (unpaired) electrons. The fraction of sp³-hybridized carbons (Fsp3) is 0.273. The van der Waals surface area contributed by atoms with Gasteiger partial charge in [0, 0.05) is 16.1 Å². The van der Waals surface area contributed by atoms with Crippen molar-refractivity contribution in [2.24, 2.45) is 5.73 Å². The number of nitrogens with one attached hydrogen (secondary N) is 1. The Morgan fingerprint density at radius 2 is 2.25 bits per heavy atom. The monoisotopic (exact) mass is 237 g/mol. The van der Waals surface area contributed by atoms with Crippen LogP contribution in [0.4, 0.5) is 0 Å². The molecule has 2 rings (SSSR count). The summed E-state index contributed by atoms with van der Waals surface area (Å²) in [5.41, 5.74) is 6.64. The van der Waals surface area contributed by atoms with Crippen molar-refractivity contribution >= 4 is 22.5 Å². The lowest BCUT2D eigenvalue weighted by atomic mass is 10.1. The first-order chi connectivity index (χ1) is 7.70. The highest BCUT2D eigenvalue weighted by molar-refractivity contribution is 6.31. The Bertz CT molecular complexity index is 565. The third-order valence-electron chi connectivity index (χ3n) is 2.39. The molecule has 0 unspecified atom stereocenters. The number of nitrogens with zero attached hydrogens (tertiary/aromatic N) is 1. The molecule has 0 fully saturated rings. The molecule has 3 N–H and O–H groups in total. The second kappa shape index (κ2) is 4.63. The van der Waals surface area contributed by atoms with Gasteiger partial charge in [-0.2, -0.15) is 4.98 Å². The summed E-state index contributed by atoms with van der Waals surface area (Å²) in [7, 11) is 0. The molecule has 1 aromatic heterocycles. The van der Waals surface area contributed by atoms with E-state index in [1.165, 1.54) is 0 Å². The SMILES string of the molecule is NCCCc1[nH]c(=O)nc2ccc(Cl)cc12. The van der Waals surface area contributed by atoms with Gasteiger partial charge in [0.2, 0.25) is 0 Å². The number of fused-ring (bicyclic) bond motifs is 1. The molecule has 4 nitrogen and oxygen atoms in total. The fourth-order valence-corrected chi connectivity index (χ4v) is 1.83. The van der Waals surface area contributed by atoms with Crippen molar-refractivity contribution in [3.05, 3.63) is 39.4 Å². The summed E-state index contributed by atoms with van der Waals surface area (Å²) in [5, 5.41) is 1.52. The molecular weight excluding hydrogens is 226 g/mol. The van der Waals surface area contributed by atoms with Gasteiger partial charge in [0.15, 0.2) is 0 Å². The van der Waals surface area contributed by atoms with Gasteiger partial charge in [-0.1, -0.05) is 11.6 Å². The summed E-state index contributed by atoms with van der Waals surface area (Å²) in [6.07, 6.45) is 1.55. The Morgan fingerprint density at radius 1 is 1.44 bits per heavy atom. The average molecular weight is 238 g/mol. The quantitative estimate of drug-likeness (QED) is 0.849. The molecule has 5 heteroatoms. The van der Waals surface area contributed by atoms with Gasteiger partial charge in [-0.05, 0) is 37.6 Å². The maximum atomic E-state index is 11.3. The van der Waals surface area contributed by atoms with Gasteiger partial charge in [0.05, 0.1) is 5.52 Å². The van der Waals surface area contributed by atoms with Gasteiger partial charge in [0.1, 0.15) is 0 Å². The summed E-state index contributed by atoms with van der Waals surface area (Å²) < 4.78 is 0. The lowest BCUT2D eigenvalue weighted by Gasteiger charge is -2.05. The smallest absolute Gasteiger partial charge is 0.330 e. The predicted molar refractivity (Wildman–Crippen MR) is 64.7 cm³/mol. The van der Waals surface area contributed by atoms with Crippen LogP contribution in [0.15, 0.2) is 23.0 Å². The number of benzene rings is 1. The maximum Gasteiger partial charge on any atom is 0.345 e. The standard InChI is InChI=1S/C11H12ClN3O/c12-7-3-4-10-8(6-7)9(2-1-5-13)14-11(16)15-10/h3-4,6H,1-2,5,13H2,(H,14,15,16). The van der Waals surface area contributed by atoms with Gasteiger partial charge in [-0.3, -0.25) is 0 Å². The van der Waals surface area contributed by atoms with Crippen molar-refractivity contribution in [3.8, 4) is 0 Å². The highest BCUT2D eigenvalue weighted by atomic mass is 35.5. The molecule has 0 bridgehead atoms. The Kier molecular flexibility index (Phi) is 3.22. The van der Waals surface area contributed by atoms with E-state index < -0.39 is 0 Å². The van der Waals surface area contributed by atoms with Crippen LogP contribution in [-0.4, -0.2) is 16.5 Å². The van der Waals surface area contributed by atoms with Crippen LogP contribution in [-0.2, 0) is 6.42 Å². The van der Waals surface area contributed by atoms with Crippen LogP contribution in [0.2, 0.25) is 5.02 Å². The molecule has 1 heterocycles. The zero-order chi connectivity index (χ0) is 11.5. The van der Waals surface area contributed by atoms with Crippen LogP contribution in [0, 0.1) is 0 Å². The first-order valence-electron chi connectivity index (χ1n) is 5.09. The minimum atomic E-state index is -0.332. The number of rotatable bonds is 3. The van der Waals surface area contributed by atoms with E-state index in [9.17, 15) is 4.79 Å². The van der Waals surface area contributed by atoms with Gasteiger partial charge in [-0.15, -0.1) is 0 Å². The first kappa shape index (κ1) is 11.1. The highest BCUT2D eigenvalue weighted by Gasteiger charge is 2.04. The van der Waals surface area contributed by atoms with Crippen LogP contribution in [0.5, 0.6) is 0 Å². The van der Waals surface area contributed by atoms with Crippen molar-refractivity contribution in [1.29, 1.82) is 0 Å². The van der Waals surface area contributed by atoms with E-state index in [0.29, 0.717) is 17.1 Å². The number of halogens is 1. The Balaban J connectivity index is 2.60. The molecule has 0 saturated heterocycles. The zero-order valence-electron chi connectivity index (χ0n) is 8.66. The molecule has 0 spiro atoms. The lowest BCUT2D eigenvalue weighted by Crippen LogP contribution is -2.14. The highest BCUT2D eigenvalue weighted by Crippen LogP contribution is 2.19. The molecule has 0 aliphatic rings. The number of aromatic amines is 1. The van der Waals surface area contributed by atoms with E-state index in [-0.39, 0.29) is 5.69 Å². The third kappa shape index (κ3) is 2.23. The summed E-state index contributed by atoms with van der Waals surface area (Å²) in [6, 6.07) is 5.29. The maximum absolute atomic E-state index is 11.3. The van der Waals surface area contributed by atoms with E-state index in [4.69, 9.17) is 17.3 Å². The molecule has 0 aliphatic carbocycles. The minimum absolute atomic E-state index is 0.332. The zero-order valence-corrected chi connectivity index (χ0v) is 9.42. The fourth-order valence-electron chi connectivity index (χ4n) is 1.66. The molecule has 0 saturated carbocycles. The van der Waals surface area contributed by atoms with Gasteiger partial charge in [0.25, 0.3) is 0 Å². The molecule has 16 heavy (non-hydrogen) atoms. The number of hydrogen-bond acceptors (Lipinski definition) is 3. The van der Waals surface area contributed by atoms with Crippen molar-refractivity contribution in [2.45, 2.75) is 12.8 Å². The summed E-state index contributed by atoms with van der Waals surface area (Å²) in [4.78, 5) is 17.9. The van der Waals surface area contributed by atoms with Crippen LogP contribution in [0.1, 0.15) is 12.1 Å². The lowest BCUT2D eigenvalue weighted by molar-refractivity contribution is 0.808. The first-order valence-corrected chi connectivity index (χ1v) is 5.47. The second-order valence-electron chi connectivity index (χ2n) is 3.57. The van der Waals surface area contributed by atoms with Gasteiger partial charge >= 0.3 is 5.69 Å². The summed E-state index contributed by atoms with van der Waals surface area (Å²) >= 11 is 5.92. The van der Waals surface area contributed by atoms with E-state index in [1.807, 2.05) is 6.07 Å². The number of aromatic nitrogens is 2. The van der Waals surface area contributed by atoms with Crippen LogP contribution in [0.3, 0.4) is 0 Å². The van der Waals surface area contributed by atoms with Crippen molar-refractivity contribution in [3.63, 3.8) is 0 Å². The molecule has 0 aliphatic heterocycles. The Morgan fingerprint density at radius 3 is 3.00 bits per heavy atom. The van der Waals surface area contributed by atoms with Gasteiger partial charge < -0.3 is 10.7 Å². The summed E-state index contributed by atoms with van der Waals surface area (Å²) in [5.74, 6) is 0. The van der Waals surface area contributed by atoms with Crippen LogP contribution in [0.25, 0.3) is 10.9 Å². The number of nitrogens with two attached hydrogens (primary N) is 1. The average Bonchev–Trinajstić information content (AvgIpc) is 2.26. The molecule has 2 aromatic rings. The second-order valence-corrected chi connectivity index (χ2v) is 4.01. The van der Waals surface area contributed by atoms with Crippen molar-refractivity contribution in [1.82, 2.24) is 9.97 Å². The molecular formula is C11H12ClN3O. The number of aryl methyl sites for hydroxylation is 1. The van der Waals surface area contributed by atoms with Crippen molar-refractivity contribution < 1.29 is 0 Å². The Labute approximate surface area is 97.5 Å². The molecule has 1 aromatic carbocycles. The van der Waals surface area contributed by atoms with Crippen LogP contribution >= 0.6 is 11.6 Å². The van der Waals surface area contributed by atoms with Crippen molar-refractivity contribution in [2.75, 3.05) is 6.54 Å². The van der Waals surface area contributed by atoms with E-state index in [2.05, 4.69) is 9.97 Å². The van der Waals surface area contributed by atoms with E-state index in [0.717, 1.165) is 23.9 Å². The number of hydrogen-bond donors (Lipinski definition) is 2. The normalized spacial score (nSPS) is 10.9. The van der Waals surface area contributed by atoms with Crippen LogP contribution < -0.4 is 11.4 Å². The van der Waals surface area contributed by atoms with Gasteiger partial charge in [-0.25, -0.2) is 4.79 Å². The minimum Gasteiger partial charge on any atom is -0.330 e. The molecule has 0 atom stereocenters. The largest absolute Gasteiger partial charge is 0.345 e. The topological polar surface area (TPSA) is 71.8 Å². The predicted octanol–water partition coefficient (Wildman–Crippen LogP) is 1.47. The molecule has 84 valence electrons. The number of H-pyrrole nitrogens is 1. The molecule has 0 amide bonds. The third-order valence-corrected chi connectivity index (χ3v) is 2.63. The van der Waals surface area contributed by atoms with E-state index in [1.54, 1.807) is 12.1 Å².